The molecule has 3 heteroatoms. The molecule has 0 atom stereocenters. The van der Waals surface area contributed by atoms with E-state index in [0.29, 0.717) is 0 Å². The van der Waals surface area contributed by atoms with Crippen molar-refractivity contribution >= 4 is 102 Å². The molecule has 0 aliphatic carbocycles. The van der Waals surface area contributed by atoms with Gasteiger partial charge in [-0.1, -0.05) is 146 Å². The maximum Gasteiger partial charge on any atom is 0.0641 e. The van der Waals surface area contributed by atoms with Crippen molar-refractivity contribution in [3.63, 3.8) is 0 Å². The highest BCUT2D eigenvalue weighted by atomic mass is 32.1. The van der Waals surface area contributed by atoms with Gasteiger partial charge in [-0.3, -0.25) is 0 Å². The fraction of sp³-hybridized carbons (Fsp3) is 0. The molecule has 0 spiro atoms. The fourth-order valence-corrected chi connectivity index (χ4v) is 10.6. The summed E-state index contributed by atoms with van der Waals surface area (Å²) in [4.78, 5) is 2.50. The van der Waals surface area contributed by atoms with Crippen LogP contribution in [0.15, 0.2) is 188 Å². The van der Waals surface area contributed by atoms with Gasteiger partial charge in [0.2, 0.25) is 0 Å². The quantitative estimate of drug-likeness (QED) is 0.161. The highest BCUT2D eigenvalue weighted by Gasteiger charge is 2.23. The average Bonchev–Trinajstić information content (AvgIpc) is 3.80. The van der Waals surface area contributed by atoms with Gasteiger partial charge >= 0.3 is 0 Å². The molecule has 0 bridgehead atoms. The van der Waals surface area contributed by atoms with Gasteiger partial charge in [0.15, 0.2) is 0 Å². The maximum atomic E-state index is 2.50. The van der Waals surface area contributed by atoms with E-state index in [1.165, 1.54) is 95.5 Å². The Morgan fingerprint density at radius 1 is 0.340 bits per heavy atom. The van der Waals surface area contributed by atoms with Crippen LogP contribution in [-0.4, -0.2) is 0 Å². The van der Waals surface area contributed by atoms with E-state index in [2.05, 4.69) is 193 Å². The molecule has 2 aromatic heterocycles. The van der Waals surface area contributed by atoms with Gasteiger partial charge in [0.1, 0.15) is 0 Å². The van der Waals surface area contributed by atoms with E-state index < -0.39 is 0 Å². The van der Waals surface area contributed by atoms with Crippen molar-refractivity contribution in [3.05, 3.63) is 188 Å². The first-order valence-electron chi connectivity index (χ1n) is 18.0. The van der Waals surface area contributed by atoms with Crippen LogP contribution < -0.4 is 4.90 Å². The molecule has 0 aliphatic rings. The molecule has 11 rings (SSSR count). The lowest BCUT2D eigenvalue weighted by molar-refractivity contribution is 1.32. The molecule has 0 saturated heterocycles. The highest BCUT2D eigenvalue weighted by molar-refractivity contribution is 7.26. The molecule has 0 saturated carbocycles. The predicted octanol–water partition coefficient (Wildman–Crippen LogP) is 15.5. The lowest BCUT2D eigenvalue weighted by Gasteiger charge is -2.28. The largest absolute Gasteiger partial charge is 0.308 e. The Bertz CT molecular complexity index is 3170. The Balaban J connectivity index is 1.15. The van der Waals surface area contributed by atoms with Crippen molar-refractivity contribution in [2.75, 3.05) is 4.90 Å². The second kappa shape index (κ2) is 12.2. The second-order valence-electron chi connectivity index (χ2n) is 13.7. The molecule has 11 aromatic rings. The van der Waals surface area contributed by atoms with Gasteiger partial charge in [0, 0.05) is 46.7 Å². The Hall–Kier alpha value is -6.26. The number of hydrogen-bond acceptors (Lipinski definition) is 3. The lowest BCUT2D eigenvalue weighted by Crippen LogP contribution is -2.11. The molecule has 0 N–H and O–H groups in total. The van der Waals surface area contributed by atoms with Crippen LogP contribution in [0.3, 0.4) is 0 Å². The van der Waals surface area contributed by atoms with Crippen LogP contribution in [0, 0.1) is 0 Å². The first-order chi connectivity index (χ1) is 26.3. The third-order valence-electron chi connectivity index (χ3n) is 10.7. The monoisotopic (exact) mass is 709 g/mol. The summed E-state index contributed by atoms with van der Waals surface area (Å²) in [5.74, 6) is 0. The van der Waals surface area contributed by atoms with E-state index in [1.54, 1.807) is 0 Å². The molecular formula is C50H31NS2. The van der Waals surface area contributed by atoms with Gasteiger partial charge < -0.3 is 4.90 Å². The molecule has 9 aromatic carbocycles. The van der Waals surface area contributed by atoms with Crippen LogP contribution >= 0.6 is 22.7 Å². The highest BCUT2D eigenvalue weighted by Crippen LogP contribution is 2.50. The Kier molecular flexibility index (Phi) is 6.97. The Labute approximate surface area is 315 Å². The first-order valence-corrected chi connectivity index (χ1v) is 19.6. The minimum Gasteiger partial charge on any atom is -0.308 e. The van der Waals surface area contributed by atoms with Crippen LogP contribution in [0.4, 0.5) is 17.1 Å². The fourth-order valence-electron chi connectivity index (χ4n) is 8.18. The Morgan fingerprint density at radius 3 is 1.77 bits per heavy atom. The van der Waals surface area contributed by atoms with Crippen molar-refractivity contribution in [1.29, 1.82) is 0 Å². The molecule has 0 fully saturated rings. The topological polar surface area (TPSA) is 3.24 Å². The van der Waals surface area contributed by atoms with Crippen molar-refractivity contribution in [2.24, 2.45) is 0 Å². The van der Waals surface area contributed by atoms with E-state index in [1.807, 2.05) is 22.7 Å². The second-order valence-corrected chi connectivity index (χ2v) is 15.8. The summed E-state index contributed by atoms with van der Waals surface area (Å²) in [6, 6.07) is 69.2. The number of anilines is 3. The summed E-state index contributed by atoms with van der Waals surface area (Å²) < 4.78 is 5.23. The van der Waals surface area contributed by atoms with Crippen molar-refractivity contribution in [1.82, 2.24) is 0 Å². The van der Waals surface area contributed by atoms with Gasteiger partial charge in [-0.05, 0) is 80.9 Å². The van der Waals surface area contributed by atoms with Gasteiger partial charge in [-0.2, -0.15) is 0 Å². The minimum atomic E-state index is 1.13. The molecule has 0 aliphatic heterocycles. The van der Waals surface area contributed by atoms with Gasteiger partial charge in [-0.25, -0.2) is 0 Å². The van der Waals surface area contributed by atoms with E-state index >= 15 is 0 Å². The van der Waals surface area contributed by atoms with Crippen LogP contribution in [0.5, 0.6) is 0 Å². The standard InChI is InChI=1S/C50H31NS2/c1-2-12-33(13-3-1)38-28-29-44(50-49(38)43-19-9-11-21-47(43)53-50)51(45-30-35-14-4-5-15-37(35)39-16-6-7-17-40(39)45)36-25-22-32(23-26-36)34-24-27-42-41-18-8-10-20-46(41)52-48(42)31-34/h1-31H. The number of thiophene rings is 2. The van der Waals surface area contributed by atoms with Crippen LogP contribution in [0.1, 0.15) is 0 Å². The number of rotatable bonds is 5. The third-order valence-corrected chi connectivity index (χ3v) is 13.0. The summed E-state index contributed by atoms with van der Waals surface area (Å²) in [5, 5.41) is 10.2. The van der Waals surface area contributed by atoms with E-state index in [0.717, 1.165) is 5.69 Å². The van der Waals surface area contributed by atoms with Gasteiger partial charge in [0.25, 0.3) is 0 Å². The smallest absolute Gasteiger partial charge is 0.0641 e. The molecule has 2 heterocycles. The van der Waals surface area contributed by atoms with Crippen molar-refractivity contribution < 1.29 is 0 Å². The summed E-state index contributed by atoms with van der Waals surface area (Å²) in [6.45, 7) is 0. The summed E-state index contributed by atoms with van der Waals surface area (Å²) >= 11 is 3.76. The Morgan fingerprint density at radius 2 is 0.962 bits per heavy atom. The summed E-state index contributed by atoms with van der Waals surface area (Å²) in [5.41, 5.74) is 8.42. The average molecular weight is 710 g/mol. The first kappa shape index (κ1) is 30.4. The van der Waals surface area contributed by atoms with Crippen molar-refractivity contribution in [2.45, 2.75) is 0 Å². The normalized spacial score (nSPS) is 11.8. The van der Waals surface area contributed by atoms with E-state index in [-0.39, 0.29) is 0 Å². The number of hydrogen-bond donors (Lipinski definition) is 0. The minimum absolute atomic E-state index is 1.13. The van der Waals surface area contributed by atoms with E-state index in [9.17, 15) is 0 Å². The van der Waals surface area contributed by atoms with Crippen molar-refractivity contribution in [3.8, 4) is 22.3 Å². The van der Waals surface area contributed by atoms with Gasteiger partial charge in [-0.15, -0.1) is 22.7 Å². The van der Waals surface area contributed by atoms with Crippen LogP contribution in [0.2, 0.25) is 0 Å². The van der Waals surface area contributed by atoms with E-state index in [4.69, 9.17) is 0 Å². The molecule has 0 radical (unpaired) electrons. The summed E-state index contributed by atoms with van der Waals surface area (Å²) in [7, 11) is 0. The zero-order chi connectivity index (χ0) is 34.9. The van der Waals surface area contributed by atoms with Crippen LogP contribution in [-0.2, 0) is 0 Å². The third kappa shape index (κ3) is 4.89. The van der Waals surface area contributed by atoms with Gasteiger partial charge in [0.05, 0.1) is 16.1 Å². The molecule has 1 nitrogen and oxygen atoms in total. The summed E-state index contributed by atoms with van der Waals surface area (Å²) in [6.07, 6.45) is 0. The number of nitrogens with zero attached hydrogens (tertiary/aromatic N) is 1. The number of benzene rings is 9. The molecule has 248 valence electrons. The molecule has 53 heavy (non-hydrogen) atoms. The molecule has 0 amide bonds. The SMILES string of the molecule is c1ccc(-c2ccc(N(c3ccc(-c4ccc5c(c4)sc4ccccc45)cc3)c3cc4ccccc4c4ccccc34)c3sc4ccccc4c23)cc1. The van der Waals surface area contributed by atoms with Crippen LogP contribution in [0.25, 0.3) is 84.1 Å². The molecule has 0 unspecified atom stereocenters. The number of fused-ring (bicyclic) bond motifs is 9. The zero-order valence-corrected chi connectivity index (χ0v) is 30.3. The zero-order valence-electron chi connectivity index (χ0n) is 28.7. The lowest BCUT2D eigenvalue weighted by atomic mass is 9.96. The molecular weight excluding hydrogens is 679 g/mol. The maximum absolute atomic E-state index is 2.50. The predicted molar refractivity (Wildman–Crippen MR) is 233 cm³/mol.